The lowest BCUT2D eigenvalue weighted by molar-refractivity contribution is -0.141. The number of carbonyl (C=O) groups excluding carboxylic acids is 2. The van der Waals surface area contributed by atoms with Crippen molar-refractivity contribution in [3.05, 3.63) is 23.3 Å². The van der Waals surface area contributed by atoms with Crippen LogP contribution in [-0.2, 0) is 14.9 Å². The zero-order valence-corrected chi connectivity index (χ0v) is 15.5. The SMILES string of the molecule is COc1c(OCCCCOC(C)=O)cc(C(C)=O)cc1C(C)(C)C. The first-order valence-electron chi connectivity index (χ1n) is 8.16. The lowest BCUT2D eigenvalue weighted by Gasteiger charge is -2.24. The van der Waals surface area contributed by atoms with Crippen LogP contribution in [0.15, 0.2) is 12.1 Å². The Kier molecular flexibility index (Phi) is 7.26. The summed E-state index contributed by atoms with van der Waals surface area (Å²) < 4.78 is 16.3. The number of rotatable bonds is 8. The molecule has 0 aliphatic heterocycles. The van der Waals surface area contributed by atoms with E-state index in [0.717, 1.165) is 18.4 Å². The molecular weight excluding hydrogens is 308 g/mol. The van der Waals surface area contributed by atoms with E-state index in [1.807, 2.05) is 6.07 Å². The molecule has 0 amide bonds. The summed E-state index contributed by atoms with van der Waals surface area (Å²) in [6, 6.07) is 3.59. The van der Waals surface area contributed by atoms with Gasteiger partial charge in [0.1, 0.15) is 0 Å². The van der Waals surface area contributed by atoms with Crippen molar-refractivity contribution in [3.8, 4) is 11.5 Å². The molecule has 134 valence electrons. The van der Waals surface area contributed by atoms with Gasteiger partial charge in [0.25, 0.3) is 0 Å². The summed E-state index contributed by atoms with van der Waals surface area (Å²) in [6.45, 7) is 9.98. The summed E-state index contributed by atoms with van der Waals surface area (Å²) in [4.78, 5) is 22.5. The number of hydrogen-bond donors (Lipinski definition) is 0. The lowest BCUT2D eigenvalue weighted by atomic mass is 9.84. The lowest BCUT2D eigenvalue weighted by Crippen LogP contribution is -2.15. The fourth-order valence-corrected chi connectivity index (χ4v) is 2.28. The fraction of sp³-hybridized carbons (Fsp3) is 0.579. The third-order valence-corrected chi connectivity index (χ3v) is 3.58. The molecule has 0 unspecified atom stereocenters. The number of Topliss-reactive ketones (excluding diaryl/α,β-unsaturated/α-hetero) is 1. The molecule has 5 heteroatoms. The number of ether oxygens (including phenoxy) is 3. The molecular formula is C19H28O5. The Balaban J connectivity index is 2.90. The average molecular weight is 336 g/mol. The molecule has 0 fully saturated rings. The van der Waals surface area contributed by atoms with Gasteiger partial charge in [0.15, 0.2) is 17.3 Å². The highest BCUT2D eigenvalue weighted by molar-refractivity contribution is 5.95. The molecule has 24 heavy (non-hydrogen) atoms. The molecule has 0 aromatic heterocycles. The number of esters is 1. The van der Waals surface area contributed by atoms with Crippen LogP contribution in [0.2, 0.25) is 0 Å². The normalized spacial score (nSPS) is 11.1. The minimum atomic E-state index is -0.276. The van der Waals surface area contributed by atoms with Crippen LogP contribution >= 0.6 is 0 Å². The van der Waals surface area contributed by atoms with Crippen molar-refractivity contribution in [2.45, 2.75) is 52.9 Å². The summed E-state index contributed by atoms with van der Waals surface area (Å²) in [6.07, 6.45) is 1.46. The largest absolute Gasteiger partial charge is 0.493 e. The molecule has 1 aromatic rings. The Bertz CT molecular complexity index is 584. The van der Waals surface area contributed by atoms with E-state index in [-0.39, 0.29) is 17.2 Å². The van der Waals surface area contributed by atoms with E-state index in [2.05, 4.69) is 20.8 Å². The van der Waals surface area contributed by atoms with Gasteiger partial charge in [-0.3, -0.25) is 9.59 Å². The van der Waals surface area contributed by atoms with Crippen molar-refractivity contribution in [2.75, 3.05) is 20.3 Å². The third-order valence-electron chi connectivity index (χ3n) is 3.58. The van der Waals surface area contributed by atoms with Gasteiger partial charge in [-0.25, -0.2) is 0 Å². The first kappa shape index (κ1) is 20.0. The summed E-state index contributed by atoms with van der Waals surface area (Å²) in [5.74, 6) is 0.944. The van der Waals surface area contributed by atoms with Gasteiger partial charge >= 0.3 is 5.97 Å². The van der Waals surface area contributed by atoms with Gasteiger partial charge in [-0.2, -0.15) is 0 Å². The molecule has 0 aliphatic carbocycles. The van der Waals surface area contributed by atoms with Crippen LogP contribution < -0.4 is 9.47 Å². The van der Waals surface area contributed by atoms with Crippen molar-refractivity contribution in [1.29, 1.82) is 0 Å². The maximum absolute atomic E-state index is 11.8. The molecule has 0 spiro atoms. The quantitative estimate of drug-likeness (QED) is 0.409. The zero-order valence-electron chi connectivity index (χ0n) is 15.5. The molecule has 0 saturated carbocycles. The molecule has 0 radical (unpaired) electrons. The zero-order chi connectivity index (χ0) is 18.3. The number of methoxy groups -OCH3 is 1. The van der Waals surface area contributed by atoms with E-state index in [1.54, 1.807) is 13.2 Å². The van der Waals surface area contributed by atoms with Crippen LogP contribution in [0.3, 0.4) is 0 Å². The smallest absolute Gasteiger partial charge is 0.302 e. The van der Waals surface area contributed by atoms with Crippen molar-refractivity contribution in [1.82, 2.24) is 0 Å². The van der Waals surface area contributed by atoms with Crippen molar-refractivity contribution in [2.24, 2.45) is 0 Å². The van der Waals surface area contributed by atoms with E-state index < -0.39 is 0 Å². The monoisotopic (exact) mass is 336 g/mol. The van der Waals surface area contributed by atoms with E-state index >= 15 is 0 Å². The van der Waals surface area contributed by atoms with E-state index in [4.69, 9.17) is 14.2 Å². The van der Waals surface area contributed by atoms with Crippen molar-refractivity contribution in [3.63, 3.8) is 0 Å². The second kappa shape index (κ2) is 8.71. The average Bonchev–Trinajstić information content (AvgIpc) is 2.48. The van der Waals surface area contributed by atoms with Crippen LogP contribution in [0, 0.1) is 0 Å². The Morgan fingerprint density at radius 2 is 1.67 bits per heavy atom. The highest BCUT2D eigenvalue weighted by Crippen LogP contribution is 2.39. The number of benzene rings is 1. The van der Waals surface area contributed by atoms with Gasteiger partial charge in [0.2, 0.25) is 0 Å². The second-order valence-corrected chi connectivity index (χ2v) is 6.76. The maximum Gasteiger partial charge on any atom is 0.302 e. The highest BCUT2D eigenvalue weighted by Gasteiger charge is 2.24. The highest BCUT2D eigenvalue weighted by atomic mass is 16.5. The number of carbonyl (C=O) groups is 2. The van der Waals surface area contributed by atoms with Crippen LogP contribution in [0.5, 0.6) is 11.5 Å². The molecule has 0 aliphatic rings. The summed E-state index contributed by atoms with van der Waals surface area (Å²) in [5, 5.41) is 0. The minimum Gasteiger partial charge on any atom is -0.493 e. The van der Waals surface area contributed by atoms with Gasteiger partial charge in [-0.1, -0.05) is 20.8 Å². The predicted molar refractivity (Wildman–Crippen MR) is 93.1 cm³/mol. The molecule has 0 heterocycles. The molecule has 0 saturated heterocycles. The summed E-state index contributed by atoms with van der Waals surface area (Å²) in [7, 11) is 1.60. The van der Waals surface area contributed by atoms with Gasteiger partial charge in [0.05, 0.1) is 20.3 Å². The summed E-state index contributed by atoms with van der Waals surface area (Å²) >= 11 is 0. The van der Waals surface area contributed by atoms with Crippen molar-refractivity contribution >= 4 is 11.8 Å². The topological polar surface area (TPSA) is 61.8 Å². The first-order valence-corrected chi connectivity index (χ1v) is 8.16. The Labute approximate surface area is 144 Å². The van der Waals surface area contributed by atoms with Crippen LogP contribution in [0.4, 0.5) is 0 Å². The van der Waals surface area contributed by atoms with Gasteiger partial charge in [-0.05, 0) is 37.3 Å². The van der Waals surface area contributed by atoms with Gasteiger partial charge in [-0.15, -0.1) is 0 Å². The van der Waals surface area contributed by atoms with E-state index in [0.29, 0.717) is 30.3 Å². The number of hydrogen-bond acceptors (Lipinski definition) is 5. The molecule has 1 aromatic carbocycles. The van der Waals surface area contributed by atoms with Gasteiger partial charge in [0, 0.05) is 18.1 Å². The molecule has 0 bridgehead atoms. The molecule has 5 nitrogen and oxygen atoms in total. The summed E-state index contributed by atoms with van der Waals surface area (Å²) in [5.41, 5.74) is 1.37. The molecule has 1 rings (SSSR count). The number of unbranched alkanes of at least 4 members (excludes halogenated alkanes) is 1. The van der Waals surface area contributed by atoms with Crippen molar-refractivity contribution < 1.29 is 23.8 Å². The minimum absolute atomic E-state index is 0.0112. The fourth-order valence-electron chi connectivity index (χ4n) is 2.28. The Morgan fingerprint density at radius 3 is 2.17 bits per heavy atom. The maximum atomic E-state index is 11.8. The van der Waals surface area contributed by atoms with Crippen LogP contribution in [-0.4, -0.2) is 32.1 Å². The van der Waals surface area contributed by atoms with Crippen LogP contribution in [0.1, 0.15) is 63.4 Å². The van der Waals surface area contributed by atoms with Gasteiger partial charge < -0.3 is 14.2 Å². The Hall–Kier alpha value is -2.04. The Morgan fingerprint density at radius 1 is 1.04 bits per heavy atom. The predicted octanol–water partition coefficient (Wildman–Crippen LogP) is 3.92. The van der Waals surface area contributed by atoms with E-state index in [1.165, 1.54) is 13.8 Å². The van der Waals surface area contributed by atoms with Crippen LogP contribution in [0.25, 0.3) is 0 Å². The molecule has 0 atom stereocenters. The number of ketones is 1. The first-order chi connectivity index (χ1) is 11.2. The van der Waals surface area contributed by atoms with E-state index in [9.17, 15) is 9.59 Å². The second-order valence-electron chi connectivity index (χ2n) is 6.76. The standard InChI is InChI=1S/C19H28O5/c1-13(20)15-11-16(19(3,4)5)18(22-6)17(12-15)24-10-8-7-9-23-14(2)21/h11-12H,7-10H2,1-6H3. The molecule has 0 N–H and O–H groups in total. The third kappa shape index (κ3) is 5.87.